The first-order chi connectivity index (χ1) is 8.92. The highest BCUT2D eigenvalue weighted by molar-refractivity contribution is 5.01. The van der Waals surface area contributed by atoms with Crippen LogP contribution in [0.25, 0.3) is 0 Å². The van der Waals surface area contributed by atoms with Crippen LogP contribution in [-0.2, 0) is 4.74 Å². The number of rotatable bonds is 6. The summed E-state index contributed by atoms with van der Waals surface area (Å²) in [7, 11) is 1.77. The number of nitrogens with zero attached hydrogens (tertiary/aromatic N) is 1. The lowest BCUT2D eigenvalue weighted by atomic mass is 9.94. The molecule has 1 aliphatic carbocycles. The monoisotopic (exact) mass is 252 g/mol. The Morgan fingerprint density at radius 1 is 1.28 bits per heavy atom. The van der Waals surface area contributed by atoms with Crippen molar-refractivity contribution in [1.29, 1.82) is 0 Å². The number of piperidine rings is 1. The van der Waals surface area contributed by atoms with Crippen LogP contribution in [0.5, 0.6) is 0 Å². The highest BCUT2D eigenvalue weighted by atomic mass is 16.5. The summed E-state index contributed by atoms with van der Waals surface area (Å²) in [6.07, 6.45) is 12.9. The first-order valence-corrected chi connectivity index (χ1v) is 7.54. The van der Waals surface area contributed by atoms with Crippen LogP contribution in [-0.4, -0.2) is 50.3 Å². The molecule has 2 unspecified atom stereocenters. The van der Waals surface area contributed by atoms with Crippen LogP contribution >= 0.6 is 0 Å². The highest BCUT2D eigenvalue weighted by Gasteiger charge is 2.27. The summed E-state index contributed by atoms with van der Waals surface area (Å²) in [5.41, 5.74) is 0. The lowest BCUT2D eigenvalue weighted by molar-refractivity contribution is 0.105. The Labute approximate surface area is 112 Å². The third-order valence-electron chi connectivity index (χ3n) is 4.19. The van der Waals surface area contributed by atoms with Gasteiger partial charge in [0.15, 0.2) is 0 Å². The number of ether oxygens (including phenoxy) is 1. The van der Waals surface area contributed by atoms with E-state index in [1.54, 1.807) is 7.11 Å². The number of hydrogen-bond donors (Lipinski definition) is 1. The van der Waals surface area contributed by atoms with Crippen molar-refractivity contribution in [3.8, 4) is 0 Å². The molecule has 2 rings (SSSR count). The zero-order chi connectivity index (χ0) is 12.6. The van der Waals surface area contributed by atoms with E-state index in [0.717, 1.165) is 25.7 Å². The molecule has 1 N–H and O–H groups in total. The minimum absolute atomic E-state index is 0.702. The zero-order valence-corrected chi connectivity index (χ0v) is 11.7. The lowest BCUT2D eigenvalue weighted by Gasteiger charge is -2.41. The summed E-state index contributed by atoms with van der Waals surface area (Å²) < 4.78 is 5.09. The van der Waals surface area contributed by atoms with E-state index >= 15 is 0 Å². The topological polar surface area (TPSA) is 24.5 Å². The van der Waals surface area contributed by atoms with Crippen LogP contribution in [0.15, 0.2) is 12.2 Å². The van der Waals surface area contributed by atoms with Gasteiger partial charge in [-0.1, -0.05) is 18.6 Å². The Bertz CT molecular complexity index is 255. The second kappa shape index (κ2) is 7.93. The van der Waals surface area contributed by atoms with E-state index in [-0.39, 0.29) is 0 Å². The van der Waals surface area contributed by atoms with Crippen LogP contribution < -0.4 is 5.32 Å². The largest absolute Gasteiger partial charge is 0.383 e. The lowest BCUT2D eigenvalue weighted by Crippen LogP contribution is -2.50. The minimum atomic E-state index is 0.702. The smallest absolute Gasteiger partial charge is 0.0587 e. The molecule has 1 saturated heterocycles. The van der Waals surface area contributed by atoms with Crippen molar-refractivity contribution in [2.45, 2.75) is 50.6 Å². The predicted molar refractivity (Wildman–Crippen MR) is 75.9 cm³/mol. The van der Waals surface area contributed by atoms with E-state index < -0.39 is 0 Å². The summed E-state index contributed by atoms with van der Waals surface area (Å²) in [6.45, 7) is 4.19. The zero-order valence-electron chi connectivity index (χ0n) is 11.7. The van der Waals surface area contributed by atoms with Gasteiger partial charge in [0.1, 0.15) is 0 Å². The fraction of sp³-hybridized carbons (Fsp3) is 0.867. The molecule has 3 nitrogen and oxygen atoms in total. The molecule has 0 aromatic carbocycles. The number of likely N-dealkylation sites (tertiary alicyclic amines) is 1. The summed E-state index contributed by atoms with van der Waals surface area (Å²) in [6, 6.07) is 1.43. The van der Waals surface area contributed by atoms with Gasteiger partial charge in [0.05, 0.1) is 6.61 Å². The molecule has 0 amide bonds. The molecule has 104 valence electrons. The molecule has 0 aromatic rings. The fourth-order valence-corrected chi connectivity index (χ4v) is 3.19. The normalized spacial score (nSPS) is 29.6. The Morgan fingerprint density at radius 3 is 3.00 bits per heavy atom. The molecule has 1 fully saturated rings. The molecule has 2 atom stereocenters. The molecule has 2 aliphatic rings. The summed E-state index contributed by atoms with van der Waals surface area (Å²) in [4.78, 5) is 2.74. The third kappa shape index (κ3) is 4.08. The molecule has 0 saturated carbocycles. The van der Waals surface area contributed by atoms with Crippen LogP contribution in [0.3, 0.4) is 0 Å². The molecule has 0 aromatic heterocycles. The number of hydrogen-bond acceptors (Lipinski definition) is 3. The van der Waals surface area contributed by atoms with Gasteiger partial charge in [0.2, 0.25) is 0 Å². The second-order valence-electron chi connectivity index (χ2n) is 5.51. The highest BCUT2D eigenvalue weighted by Crippen LogP contribution is 2.24. The number of allylic oxidation sites excluding steroid dienone is 1. The molecule has 1 heterocycles. The van der Waals surface area contributed by atoms with E-state index in [0.29, 0.717) is 6.04 Å². The van der Waals surface area contributed by atoms with E-state index in [9.17, 15) is 0 Å². The Morgan fingerprint density at radius 2 is 2.22 bits per heavy atom. The minimum Gasteiger partial charge on any atom is -0.383 e. The number of methoxy groups -OCH3 is 1. The standard InChI is InChI=1S/C15H28N2O/c1-18-12-10-16-13-15-9-5-6-11-17(15)14-7-3-2-4-8-14/h3,7,14-16H,2,4-6,8-13H2,1H3. The summed E-state index contributed by atoms with van der Waals surface area (Å²) in [5.74, 6) is 0. The number of nitrogens with one attached hydrogen (secondary N) is 1. The molecule has 1 aliphatic heterocycles. The SMILES string of the molecule is COCCNCC1CCCCN1C1C=CCCC1. The van der Waals surface area contributed by atoms with E-state index in [2.05, 4.69) is 22.4 Å². The van der Waals surface area contributed by atoms with Gasteiger partial charge in [0.25, 0.3) is 0 Å². The predicted octanol–water partition coefficient (Wildman–Crippen LogP) is 2.19. The molecule has 0 bridgehead atoms. The van der Waals surface area contributed by atoms with E-state index in [1.165, 1.54) is 45.1 Å². The van der Waals surface area contributed by atoms with Crippen LogP contribution in [0.1, 0.15) is 38.5 Å². The second-order valence-corrected chi connectivity index (χ2v) is 5.51. The van der Waals surface area contributed by atoms with Gasteiger partial charge in [-0.3, -0.25) is 4.90 Å². The maximum absolute atomic E-state index is 5.09. The first kappa shape index (κ1) is 14.0. The summed E-state index contributed by atoms with van der Waals surface area (Å²) in [5, 5.41) is 3.53. The average Bonchev–Trinajstić information content (AvgIpc) is 2.45. The Hall–Kier alpha value is -0.380. The molecule has 0 radical (unpaired) electrons. The van der Waals surface area contributed by atoms with Crippen molar-refractivity contribution < 1.29 is 4.74 Å². The van der Waals surface area contributed by atoms with Crippen LogP contribution in [0, 0.1) is 0 Å². The van der Waals surface area contributed by atoms with Crippen molar-refractivity contribution in [2.75, 3.05) is 33.4 Å². The fourth-order valence-electron chi connectivity index (χ4n) is 3.19. The maximum atomic E-state index is 5.09. The Balaban J connectivity index is 1.81. The van der Waals surface area contributed by atoms with Crippen LogP contribution in [0.2, 0.25) is 0 Å². The first-order valence-electron chi connectivity index (χ1n) is 7.54. The van der Waals surface area contributed by atoms with Crippen molar-refractivity contribution in [3.05, 3.63) is 12.2 Å². The van der Waals surface area contributed by atoms with Gasteiger partial charge in [-0.2, -0.15) is 0 Å². The summed E-state index contributed by atoms with van der Waals surface area (Å²) >= 11 is 0. The van der Waals surface area contributed by atoms with Gasteiger partial charge in [-0.15, -0.1) is 0 Å². The van der Waals surface area contributed by atoms with Gasteiger partial charge in [-0.25, -0.2) is 0 Å². The average molecular weight is 252 g/mol. The molecular formula is C15H28N2O. The molecule has 3 heteroatoms. The van der Waals surface area contributed by atoms with Crippen molar-refractivity contribution in [2.24, 2.45) is 0 Å². The van der Waals surface area contributed by atoms with Gasteiger partial charge in [-0.05, 0) is 38.6 Å². The van der Waals surface area contributed by atoms with Crippen molar-refractivity contribution in [1.82, 2.24) is 10.2 Å². The van der Waals surface area contributed by atoms with Gasteiger partial charge >= 0.3 is 0 Å². The van der Waals surface area contributed by atoms with Crippen molar-refractivity contribution >= 4 is 0 Å². The Kier molecular flexibility index (Phi) is 6.18. The van der Waals surface area contributed by atoms with Gasteiger partial charge in [0, 0.05) is 32.3 Å². The third-order valence-corrected chi connectivity index (χ3v) is 4.19. The van der Waals surface area contributed by atoms with Crippen molar-refractivity contribution in [3.63, 3.8) is 0 Å². The quantitative estimate of drug-likeness (QED) is 0.579. The molecular weight excluding hydrogens is 224 g/mol. The molecule has 0 spiro atoms. The molecule has 18 heavy (non-hydrogen) atoms. The van der Waals surface area contributed by atoms with E-state index in [4.69, 9.17) is 4.74 Å². The van der Waals surface area contributed by atoms with Gasteiger partial charge < -0.3 is 10.1 Å². The maximum Gasteiger partial charge on any atom is 0.0587 e. The van der Waals surface area contributed by atoms with Crippen LogP contribution in [0.4, 0.5) is 0 Å². The van der Waals surface area contributed by atoms with E-state index in [1.807, 2.05) is 0 Å².